The maximum atomic E-state index is 5.95. The van der Waals surface area contributed by atoms with E-state index in [1.54, 1.807) is 18.3 Å². The molecule has 1 unspecified atom stereocenters. The Morgan fingerprint density at radius 1 is 1.64 bits per heavy atom. The molecule has 2 N–H and O–H groups in total. The molecule has 0 amide bonds. The van der Waals surface area contributed by atoms with Gasteiger partial charge in [-0.2, -0.15) is 0 Å². The minimum Gasteiger partial charge on any atom is -0.323 e. The van der Waals surface area contributed by atoms with Crippen molar-refractivity contribution in [3.05, 3.63) is 29.0 Å². The van der Waals surface area contributed by atoms with E-state index in [1.165, 1.54) is 0 Å². The van der Waals surface area contributed by atoms with E-state index in [9.17, 15) is 0 Å². The van der Waals surface area contributed by atoms with Crippen LogP contribution >= 0.6 is 11.6 Å². The van der Waals surface area contributed by atoms with Crippen LogP contribution in [-0.2, 0) is 0 Å². The molecule has 2 nitrogen and oxygen atoms in total. The zero-order valence-electron chi connectivity index (χ0n) is 8.13. The quantitative estimate of drug-likeness (QED) is 0.776. The first-order chi connectivity index (χ1) is 6.75. The Balaban J connectivity index is 2.63. The van der Waals surface area contributed by atoms with Crippen molar-refractivity contribution < 1.29 is 0 Å². The molecule has 1 rings (SSSR count). The summed E-state index contributed by atoms with van der Waals surface area (Å²) in [5, 5.41) is 0.629. The largest absolute Gasteiger partial charge is 0.323 e. The summed E-state index contributed by atoms with van der Waals surface area (Å²) in [5.74, 6) is 5.80. The number of nitrogens with zero attached hydrogens (tertiary/aromatic N) is 1. The second kappa shape index (κ2) is 5.64. The molecular weight excluding hydrogens is 196 g/mol. The van der Waals surface area contributed by atoms with E-state index in [4.69, 9.17) is 17.3 Å². The van der Waals surface area contributed by atoms with E-state index in [-0.39, 0.29) is 6.04 Å². The number of nitrogens with two attached hydrogens (primary N) is 1. The highest BCUT2D eigenvalue weighted by Gasteiger charge is 2.09. The van der Waals surface area contributed by atoms with E-state index >= 15 is 0 Å². The fourth-order valence-corrected chi connectivity index (χ4v) is 1.42. The molecule has 3 heteroatoms. The number of aromatic nitrogens is 1. The molecule has 0 fully saturated rings. The Hall–Kier alpha value is -1.04. The van der Waals surface area contributed by atoms with Gasteiger partial charge in [-0.3, -0.25) is 4.98 Å². The molecule has 0 bridgehead atoms. The molecule has 0 saturated heterocycles. The van der Waals surface area contributed by atoms with Crippen LogP contribution in [0.25, 0.3) is 0 Å². The second-order valence-corrected chi connectivity index (χ2v) is 3.35. The summed E-state index contributed by atoms with van der Waals surface area (Å²) in [4.78, 5) is 4.15. The normalized spacial score (nSPS) is 11.6. The first-order valence-electron chi connectivity index (χ1n) is 4.51. The zero-order valence-corrected chi connectivity index (χ0v) is 8.88. The van der Waals surface area contributed by atoms with Gasteiger partial charge in [0.2, 0.25) is 0 Å². The average Bonchev–Trinajstić information content (AvgIpc) is 2.18. The minimum atomic E-state index is -0.121. The molecule has 0 aliphatic carbocycles. The third-order valence-electron chi connectivity index (χ3n) is 1.90. The van der Waals surface area contributed by atoms with Gasteiger partial charge in [0.15, 0.2) is 0 Å². The van der Waals surface area contributed by atoms with Crippen molar-refractivity contribution in [3.8, 4) is 11.8 Å². The lowest BCUT2D eigenvalue weighted by molar-refractivity contribution is 0.648. The molecule has 0 aromatic carbocycles. The Labute approximate surface area is 89.5 Å². The van der Waals surface area contributed by atoms with Crippen LogP contribution in [0.3, 0.4) is 0 Å². The lowest BCUT2D eigenvalue weighted by atomic mass is 10.1. The molecule has 1 heterocycles. The second-order valence-electron chi connectivity index (χ2n) is 2.94. The van der Waals surface area contributed by atoms with Gasteiger partial charge in [0.1, 0.15) is 0 Å². The van der Waals surface area contributed by atoms with Crippen LogP contribution < -0.4 is 5.73 Å². The maximum absolute atomic E-state index is 5.95. The van der Waals surface area contributed by atoms with Crippen molar-refractivity contribution in [3.63, 3.8) is 0 Å². The Morgan fingerprint density at radius 2 is 2.43 bits per heavy atom. The summed E-state index contributed by atoms with van der Waals surface area (Å²) in [6.45, 7) is 1.82. The van der Waals surface area contributed by atoms with Crippen molar-refractivity contribution in [2.45, 2.75) is 25.8 Å². The first-order valence-corrected chi connectivity index (χ1v) is 4.89. The van der Waals surface area contributed by atoms with Crippen LogP contribution in [0.1, 0.15) is 31.5 Å². The Kier molecular flexibility index (Phi) is 4.45. The highest BCUT2D eigenvalue weighted by molar-refractivity contribution is 6.31. The third-order valence-corrected chi connectivity index (χ3v) is 2.21. The highest BCUT2D eigenvalue weighted by atomic mass is 35.5. The summed E-state index contributed by atoms with van der Waals surface area (Å²) in [6.07, 6.45) is 3.27. The third kappa shape index (κ3) is 3.02. The molecule has 14 heavy (non-hydrogen) atoms. The van der Waals surface area contributed by atoms with Crippen molar-refractivity contribution in [1.29, 1.82) is 0 Å². The fourth-order valence-electron chi connectivity index (χ4n) is 1.16. The van der Waals surface area contributed by atoms with E-state index in [2.05, 4.69) is 16.8 Å². The van der Waals surface area contributed by atoms with Gasteiger partial charge >= 0.3 is 0 Å². The topological polar surface area (TPSA) is 38.9 Å². The minimum absolute atomic E-state index is 0.121. The van der Waals surface area contributed by atoms with Gasteiger partial charge in [0, 0.05) is 18.7 Å². The average molecular weight is 209 g/mol. The van der Waals surface area contributed by atoms with Crippen LogP contribution in [0.2, 0.25) is 5.02 Å². The highest BCUT2D eigenvalue weighted by Crippen LogP contribution is 2.21. The predicted octanol–water partition coefficient (Wildman–Crippen LogP) is 2.54. The lowest BCUT2D eigenvalue weighted by Gasteiger charge is -2.10. The summed E-state index contributed by atoms with van der Waals surface area (Å²) >= 11 is 5.95. The van der Waals surface area contributed by atoms with Crippen molar-refractivity contribution in [2.24, 2.45) is 5.73 Å². The standard InChI is InChI=1S/C11H13ClN2/c1-2-3-4-7-10(13)11-9(12)6-5-8-14-11/h5-6,8,10H,4,7,13H2,1H3. The number of halogens is 1. The van der Waals surface area contributed by atoms with Gasteiger partial charge < -0.3 is 5.73 Å². The predicted molar refractivity (Wildman–Crippen MR) is 58.9 cm³/mol. The summed E-state index contributed by atoms with van der Waals surface area (Å²) in [5.41, 5.74) is 6.68. The van der Waals surface area contributed by atoms with Gasteiger partial charge in [-0.25, -0.2) is 0 Å². The van der Waals surface area contributed by atoms with Gasteiger partial charge in [0.25, 0.3) is 0 Å². The molecular formula is C11H13ClN2. The van der Waals surface area contributed by atoms with E-state index in [0.717, 1.165) is 18.5 Å². The molecule has 0 spiro atoms. The smallest absolute Gasteiger partial charge is 0.0757 e. The van der Waals surface area contributed by atoms with Gasteiger partial charge in [0.05, 0.1) is 10.7 Å². The van der Waals surface area contributed by atoms with Crippen LogP contribution in [-0.4, -0.2) is 4.98 Å². The van der Waals surface area contributed by atoms with Gasteiger partial charge in [-0.1, -0.05) is 11.6 Å². The van der Waals surface area contributed by atoms with Gasteiger partial charge in [-0.15, -0.1) is 11.8 Å². The number of rotatable bonds is 3. The molecule has 0 aliphatic heterocycles. The van der Waals surface area contributed by atoms with Crippen molar-refractivity contribution >= 4 is 11.6 Å². The van der Waals surface area contributed by atoms with Gasteiger partial charge in [-0.05, 0) is 25.5 Å². The monoisotopic (exact) mass is 208 g/mol. The molecule has 1 aromatic rings. The molecule has 74 valence electrons. The van der Waals surface area contributed by atoms with Crippen molar-refractivity contribution in [1.82, 2.24) is 4.98 Å². The van der Waals surface area contributed by atoms with Crippen LogP contribution in [0.5, 0.6) is 0 Å². The van der Waals surface area contributed by atoms with Crippen LogP contribution in [0.4, 0.5) is 0 Å². The van der Waals surface area contributed by atoms with Crippen LogP contribution in [0, 0.1) is 11.8 Å². The molecule has 0 aliphatic rings. The molecule has 1 aromatic heterocycles. The lowest BCUT2D eigenvalue weighted by Crippen LogP contribution is -2.12. The molecule has 0 saturated carbocycles. The van der Waals surface area contributed by atoms with E-state index in [0.29, 0.717) is 5.02 Å². The summed E-state index contributed by atoms with van der Waals surface area (Å²) in [7, 11) is 0. The Bertz CT molecular complexity index is 352. The Morgan fingerprint density at radius 3 is 3.07 bits per heavy atom. The zero-order chi connectivity index (χ0) is 10.4. The number of hydrogen-bond donors (Lipinski definition) is 1. The fraction of sp³-hybridized carbons (Fsp3) is 0.364. The van der Waals surface area contributed by atoms with E-state index < -0.39 is 0 Å². The first kappa shape index (κ1) is 11.0. The maximum Gasteiger partial charge on any atom is 0.0757 e. The number of hydrogen-bond acceptors (Lipinski definition) is 2. The van der Waals surface area contributed by atoms with Crippen molar-refractivity contribution in [2.75, 3.05) is 0 Å². The molecule has 0 radical (unpaired) electrons. The van der Waals surface area contributed by atoms with Crippen LogP contribution in [0.15, 0.2) is 18.3 Å². The SMILES string of the molecule is CC#CCCC(N)c1ncccc1Cl. The van der Waals surface area contributed by atoms with E-state index in [1.807, 2.05) is 6.92 Å². The molecule has 1 atom stereocenters. The summed E-state index contributed by atoms with van der Waals surface area (Å²) in [6, 6.07) is 3.48. The summed E-state index contributed by atoms with van der Waals surface area (Å²) < 4.78 is 0. The number of pyridine rings is 1.